The van der Waals surface area contributed by atoms with Gasteiger partial charge in [0.1, 0.15) is 5.82 Å². The Morgan fingerprint density at radius 2 is 2.11 bits per heavy atom. The normalized spacial score (nSPS) is 20.5. The fourth-order valence-corrected chi connectivity index (χ4v) is 2.23. The second kappa shape index (κ2) is 5.20. The fraction of sp³-hybridized carbons (Fsp3) is 0.636. The molecule has 0 spiro atoms. The zero-order chi connectivity index (χ0) is 14.0. The Labute approximate surface area is 109 Å². The van der Waals surface area contributed by atoms with E-state index in [-0.39, 0.29) is 17.8 Å². The molecule has 1 aliphatic rings. The van der Waals surface area contributed by atoms with Crippen molar-refractivity contribution in [3.63, 3.8) is 0 Å². The van der Waals surface area contributed by atoms with Gasteiger partial charge >= 0.3 is 6.18 Å². The molecule has 1 atom stereocenters. The molecule has 0 aromatic carbocycles. The topological polar surface area (TPSA) is 67.1 Å². The van der Waals surface area contributed by atoms with Crippen molar-refractivity contribution in [2.45, 2.75) is 38.4 Å². The van der Waals surface area contributed by atoms with E-state index in [4.69, 9.17) is 5.84 Å². The Morgan fingerprint density at radius 1 is 1.37 bits per heavy atom. The molecule has 0 radical (unpaired) electrons. The fourth-order valence-electron chi connectivity index (χ4n) is 2.23. The molecule has 5 nitrogen and oxygen atoms in total. The maximum atomic E-state index is 12.8. The Balaban J connectivity index is 2.39. The van der Waals surface area contributed by atoms with Crippen LogP contribution in [0.2, 0.25) is 0 Å². The van der Waals surface area contributed by atoms with E-state index in [9.17, 15) is 13.2 Å². The zero-order valence-corrected chi connectivity index (χ0v) is 10.5. The lowest BCUT2D eigenvalue weighted by atomic mass is 10.0. The van der Waals surface area contributed by atoms with E-state index in [1.165, 1.54) is 0 Å². The van der Waals surface area contributed by atoms with Crippen LogP contribution in [0.5, 0.6) is 0 Å². The molecule has 0 bridgehead atoms. The summed E-state index contributed by atoms with van der Waals surface area (Å²) in [5.74, 6) is 5.18. The quantitative estimate of drug-likeness (QED) is 0.639. The number of hydrogen-bond donors (Lipinski definition) is 2. The molecule has 1 aliphatic heterocycles. The van der Waals surface area contributed by atoms with Gasteiger partial charge in [0.15, 0.2) is 5.69 Å². The van der Waals surface area contributed by atoms with Crippen LogP contribution in [0, 0.1) is 0 Å². The van der Waals surface area contributed by atoms with Gasteiger partial charge in [-0.1, -0.05) is 0 Å². The first kappa shape index (κ1) is 13.9. The Bertz CT molecular complexity index is 448. The first-order chi connectivity index (χ1) is 8.91. The van der Waals surface area contributed by atoms with Gasteiger partial charge in [0, 0.05) is 18.7 Å². The van der Waals surface area contributed by atoms with E-state index < -0.39 is 11.9 Å². The molecular weight excluding hydrogens is 259 g/mol. The number of anilines is 2. The predicted molar refractivity (Wildman–Crippen MR) is 65.5 cm³/mol. The number of aromatic nitrogens is 2. The molecule has 106 valence electrons. The number of hydrazine groups is 1. The van der Waals surface area contributed by atoms with Crippen molar-refractivity contribution in [1.82, 2.24) is 9.97 Å². The molecule has 0 saturated carbocycles. The first-order valence-corrected chi connectivity index (χ1v) is 6.11. The summed E-state index contributed by atoms with van der Waals surface area (Å²) in [5, 5.41) is 0. The molecule has 2 rings (SSSR count). The Morgan fingerprint density at radius 3 is 2.68 bits per heavy atom. The maximum Gasteiger partial charge on any atom is 0.433 e. The summed E-state index contributed by atoms with van der Waals surface area (Å²) in [7, 11) is 0. The second-order valence-electron chi connectivity index (χ2n) is 4.62. The molecular formula is C11H16F3N5. The van der Waals surface area contributed by atoms with Crippen molar-refractivity contribution in [3.8, 4) is 0 Å². The van der Waals surface area contributed by atoms with Crippen LogP contribution in [0.1, 0.15) is 31.9 Å². The zero-order valence-electron chi connectivity index (χ0n) is 10.5. The number of halogens is 3. The molecule has 3 N–H and O–H groups in total. The van der Waals surface area contributed by atoms with Crippen LogP contribution in [0.4, 0.5) is 24.9 Å². The maximum absolute atomic E-state index is 12.8. The minimum absolute atomic E-state index is 0.162. The summed E-state index contributed by atoms with van der Waals surface area (Å²) in [6.45, 7) is 2.67. The van der Waals surface area contributed by atoms with Gasteiger partial charge in [0.25, 0.3) is 0 Å². The van der Waals surface area contributed by atoms with Crippen LogP contribution < -0.4 is 16.2 Å². The number of nitrogens with two attached hydrogens (primary N) is 1. The van der Waals surface area contributed by atoms with Gasteiger partial charge in [-0.3, -0.25) is 5.43 Å². The Kier molecular flexibility index (Phi) is 3.79. The Hall–Kier alpha value is -1.57. The smallest absolute Gasteiger partial charge is 0.354 e. The van der Waals surface area contributed by atoms with E-state index >= 15 is 0 Å². The van der Waals surface area contributed by atoms with E-state index in [1.54, 1.807) is 0 Å². The predicted octanol–water partition coefficient (Wildman–Crippen LogP) is 2.16. The third-order valence-corrected chi connectivity index (χ3v) is 3.23. The summed E-state index contributed by atoms with van der Waals surface area (Å²) in [6, 6.07) is 1.14. The first-order valence-electron chi connectivity index (χ1n) is 6.11. The van der Waals surface area contributed by atoms with Crippen molar-refractivity contribution in [3.05, 3.63) is 11.8 Å². The molecule has 19 heavy (non-hydrogen) atoms. The van der Waals surface area contributed by atoms with Crippen molar-refractivity contribution in [2.75, 3.05) is 16.9 Å². The summed E-state index contributed by atoms with van der Waals surface area (Å²) in [5.41, 5.74) is 1.10. The second-order valence-corrected chi connectivity index (χ2v) is 4.62. The number of nitrogen functional groups attached to an aromatic ring is 1. The number of piperidine rings is 1. The highest BCUT2D eigenvalue weighted by Crippen LogP contribution is 2.32. The van der Waals surface area contributed by atoms with Gasteiger partial charge in [0.05, 0.1) is 0 Å². The number of alkyl halides is 3. The van der Waals surface area contributed by atoms with Crippen molar-refractivity contribution in [1.29, 1.82) is 0 Å². The van der Waals surface area contributed by atoms with Gasteiger partial charge in [-0.05, 0) is 26.2 Å². The lowest BCUT2D eigenvalue weighted by Crippen LogP contribution is -2.38. The van der Waals surface area contributed by atoms with Gasteiger partial charge in [-0.25, -0.2) is 10.8 Å². The molecule has 8 heteroatoms. The summed E-state index contributed by atoms with van der Waals surface area (Å²) < 4.78 is 38.3. The number of hydrogen-bond acceptors (Lipinski definition) is 5. The largest absolute Gasteiger partial charge is 0.433 e. The average Bonchev–Trinajstić information content (AvgIpc) is 2.37. The average molecular weight is 275 g/mol. The lowest BCUT2D eigenvalue weighted by molar-refractivity contribution is -0.141. The van der Waals surface area contributed by atoms with Crippen LogP contribution in [-0.4, -0.2) is 22.6 Å². The highest BCUT2D eigenvalue weighted by Gasteiger charge is 2.34. The number of nitrogens with zero attached hydrogens (tertiary/aromatic N) is 3. The van der Waals surface area contributed by atoms with Gasteiger partial charge in [-0.15, -0.1) is 0 Å². The van der Waals surface area contributed by atoms with Crippen LogP contribution in [0.15, 0.2) is 6.07 Å². The van der Waals surface area contributed by atoms with Crippen molar-refractivity contribution in [2.24, 2.45) is 5.84 Å². The SMILES string of the molecule is CC1CCCCN1c1cc(C(F)(F)F)nc(NN)n1. The highest BCUT2D eigenvalue weighted by molar-refractivity contribution is 5.46. The molecule has 2 heterocycles. The van der Waals surface area contributed by atoms with E-state index in [2.05, 4.69) is 15.4 Å². The van der Waals surface area contributed by atoms with Gasteiger partial charge in [0.2, 0.25) is 5.95 Å². The molecule has 1 aromatic rings. The summed E-state index contributed by atoms with van der Waals surface area (Å²) in [4.78, 5) is 9.22. The van der Waals surface area contributed by atoms with Crippen molar-refractivity contribution < 1.29 is 13.2 Å². The van der Waals surface area contributed by atoms with Crippen LogP contribution in [0.3, 0.4) is 0 Å². The molecule has 1 fully saturated rings. The van der Waals surface area contributed by atoms with Crippen LogP contribution in [-0.2, 0) is 6.18 Å². The van der Waals surface area contributed by atoms with Gasteiger partial charge in [-0.2, -0.15) is 18.2 Å². The van der Waals surface area contributed by atoms with Gasteiger partial charge < -0.3 is 4.90 Å². The van der Waals surface area contributed by atoms with E-state index in [0.717, 1.165) is 25.3 Å². The summed E-state index contributed by atoms with van der Waals surface area (Å²) >= 11 is 0. The van der Waals surface area contributed by atoms with E-state index in [1.807, 2.05) is 11.8 Å². The van der Waals surface area contributed by atoms with Crippen LogP contribution >= 0.6 is 0 Å². The molecule has 0 aliphatic carbocycles. The standard InChI is InChI=1S/C11H16F3N5/c1-7-4-2-3-5-19(7)9-6-8(11(12,13)14)16-10(17-9)18-15/h6-7H,2-5,15H2,1H3,(H,16,17,18). The third kappa shape index (κ3) is 3.06. The molecule has 1 saturated heterocycles. The van der Waals surface area contributed by atoms with Crippen molar-refractivity contribution >= 4 is 11.8 Å². The minimum Gasteiger partial charge on any atom is -0.354 e. The molecule has 1 aromatic heterocycles. The molecule has 0 amide bonds. The van der Waals surface area contributed by atoms with E-state index in [0.29, 0.717) is 6.54 Å². The highest BCUT2D eigenvalue weighted by atomic mass is 19.4. The molecule has 1 unspecified atom stereocenters. The van der Waals surface area contributed by atoms with Crippen LogP contribution in [0.25, 0.3) is 0 Å². The summed E-state index contributed by atoms with van der Waals surface area (Å²) in [6.07, 6.45) is -1.54. The lowest BCUT2D eigenvalue weighted by Gasteiger charge is -2.34. The third-order valence-electron chi connectivity index (χ3n) is 3.23. The number of rotatable bonds is 2. The minimum atomic E-state index is -4.51. The number of nitrogens with one attached hydrogen (secondary N) is 1. The monoisotopic (exact) mass is 275 g/mol.